The van der Waals surface area contributed by atoms with E-state index in [0.717, 1.165) is 26.0 Å². The fraction of sp³-hybridized carbons (Fsp3) is 1.00. The Morgan fingerprint density at radius 1 is 1.44 bits per heavy atom. The van der Waals surface area contributed by atoms with E-state index in [1.165, 1.54) is 6.42 Å². The molecule has 1 unspecified atom stereocenters. The van der Waals surface area contributed by atoms with Crippen molar-refractivity contribution in [1.29, 1.82) is 0 Å². The van der Waals surface area contributed by atoms with Gasteiger partial charge in [0.05, 0.1) is 13.2 Å². The van der Waals surface area contributed by atoms with Gasteiger partial charge in [-0.3, -0.25) is 4.90 Å². The van der Waals surface area contributed by atoms with Crippen LogP contribution in [0.25, 0.3) is 0 Å². The molecule has 1 N–H and O–H groups in total. The number of likely N-dealkylation sites (N-methyl/N-ethyl adjacent to an activating group) is 1. The number of rotatable bonds is 6. The van der Waals surface area contributed by atoms with Gasteiger partial charge in [-0.05, 0) is 40.2 Å². The highest BCUT2D eigenvalue weighted by atomic mass is 16.7. The van der Waals surface area contributed by atoms with Gasteiger partial charge in [-0.1, -0.05) is 0 Å². The fourth-order valence-corrected chi connectivity index (χ4v) is 1.59. The van der Waals surface area contributed by atoms with Crippen molar-refractivity contribution in [3.63, 3.8) is 0 Å². The van der Waals surface area contributed by atoms with E-state index in [4.69, 9.17) is 9.47 Å². The van der Waals surface area contributed by atoms with Crippen LogP contribution in [0.3, 0.4) is 0 Å². The van der Waals surface area contributed by atoms with Crippen molar-refractivity contribution in [3.05, 3.63) is 0 Å². The van der Waals surface area contributed by atoms with Crippen LogP contribution in [0.1, 0.15) is 33.1 Å². The Labute approximate surface area is 98.5 Å². The zero-order valence-corrected chi connectivity index (χ0v) is 10.7. The number of aliphatic hydroxyl groups excluding tert-OH is 1. The lowest BCUT2D eigenvalue weighted by Crippen LogP contribution is -2.46. The lowest BCUT2D eigenvalue weighted by molar-refractivity contribution is -0.165. The Morgan fingerprint density at radius 2 is 2.19 bits per heavy atom. The molecule has 0 aliphatic carbocycles. The van der Waals surface area contributed by atoms with E-state index in [1.807, 2.05) is 20.9 Å². The minimum atomic E-state index is -0.184. The Bertz CT molecular complexity index is 191. The van der Waals surface area contributed by atoms with E-state index >= 15 is 0 Å². The van der Waals surface area contributed by atoms with Gasteiger partial charge in [0.2, 0.25) is 0 Å². The van der Waals surface area contributed by atoms with Gasteiger partial charge in [-0.25, -0.2) is 0 Å². The van der Waals surface area contributed by atoms with E-state index in [0.29, 0.717) is 6.61 Å². The van der Waals surface area contributed by atoms with Crippen molar-refractivity contribution < 1.29 is 14.6 Å². The van der Waals surface area contributed by atoms with E-state index in [2.05, 4.69) is 4.90 Å². The molecule has 0 radical (unpaired) electrons. The Kier molecular flexibility index (Phi) is 5.69. The summed E-state index contributed by atoms with van der Waals surface area (Å²) in [6.07, 6.45) is 3.34. The number of ether oxygens (including phenoxy) is 2. The van der Waals surface area contributed by atoms with Gasteiger partial charge in [0, 0.05) is 18.7 Å². The zero-order chi connectivity index (χ0) is 12.0. The third-order valence-electron chi connectivity index (χ3n) is 3.29. The highest BCUT2D eigenvalue weighted by molar-refractivity contribution is 4.77. The van der Waals surface area contributed by atoms with Crippen LogP contribution in [-0.2, 0) is 9.47 Å². The van der Waals surface area contributed by atoms with Crippen molar-refractivity contribution in [1.82, 2.24) is 4.90 Å². The SMILES string of the molecule is CN(CCOC1CCCCO1)C(C)(C)CO. The first kappa shape index (κ1) is 13.9. The van der Waals surface area contributed by atoms with Gasteiger partial charge in [0.1, 0.15) is 0 Å². The maximum atomic E-state index is 9.21. The minimum Gasteiger partial charge on any atom is -0.394 e. The van der Waals surface area contributed by atoms with Gasteiger partial charge in [0.25, 0.3) is 0 Å². The zero-order valence-electron chi connectivity index (χ0n) is 10.7. The lowest BCUT2D eigenvalue weighted by Gasteiger charge is -2.34. The largest absolute Gasteiger partial charge is 0.394 e. The van der Waals surface area contributed by atoms with Gasteiger partial charge < -0.3 is 14.6 Å². The topological polar surface area (TPSA) is 41.9 Å². The molecule has 0 aromatic carbocycles. The summed E-state index contributed by atoms with van der Waals surface area (Å²) in [6, 6.07) is 0. The second kappa shape index (κ2) is 6.55. The normalized spacial score (nSPS) is 22.7. The van der Waals surface area contributed by atoms with Crippen LogP contribution < -0.4 is 0 Å². The molecule has 4 heteroatoms. The van der Waals surface area contributed by atoms with Crippen LogP contribution in [0, 0.1) is 0 Å². The van der Waals surface area contributed by atoms with Crippen LogP contribution in [0.5, 0.6) is 0 Å². The monoisotopic (exact) mass is 231 g/mol. The molecule has 1 fully saturated rings. The lowest BCUT2D eigenvalue weighted by atomic mass is 10.1. The van der Waals surface area contributed by atoms with Crippen molar-refractivity contribution in [3.8, 4) is 0 Å². The predicted octanol–water partition coefficient (Wildman–Crippen LogP) is 1.23. The highest BCUT2D eigenvalue weighted by Crippen LogP contribution is 2.14. The van der Waals surface area contributed by atoms with Crippen molar-refractivity contribution in [2.45, 2.75) is 44.9 Å². The average molecular weight is 231 g/mol. The van der Waals surface area contributed by atoms with Gasteiger partial charge in [0.15, 0.2) is 6.29 Å². The first-order valence-corrected chi connectivity index (χ1v) is 6.11. The summed E-state index contributed by atoms with van der Waals surface area (Å²) in [5, 5.41) is 9.21. The second-order valence-corrected chi connectivity index (χ2v) is 5.06. The predicted molar refractivity (Wildman–Crippen MR) is 63.3 cm³/mol. The van der Waals surface area contributed by atoms with E-state index in [9.17, 15) is 5.11 Å². The summed E-state index contributed by atoms with van der Waals surface area (Å²) >= 11 is 0. The Hall–Kier alpha value is -0.160. The summed E-state index contributed by atoms with van der Waals surface area (Å²) in [6.45, 7) is 6.48. The summed E-state index contributed by atoms with van der Waals surface area (Å²) < 4.78 is 11.1. The first-order chi connectivity index (χ1) is 7.56. The maximum absolute atomic E-state index is 9.21. The van der Waals surface area contributed by atoms with Crippen molar-refractivity contribution in [2.75, 3.05) is 33.4 Å². The Morgan fingerprint density at radius 3 is 2.75 bits per heavy atom. The molecule has 1 rings (SSSR count). The third kappa shape index (κ3) is 4.37. The molecule has 0 amide bonds. The molecule has 0 saturated carbocycles. The van der Waals surface area contributed by atoms with Crippen molar-refractivity contribution >= 4 is 0 Å². The molecular weight excluding hydrogens is 206 g/mol. The molecular formula is C12H25NO3. The van der Waals surface area contributed by atoms with Crippen LogP contribution >= 0.6 is 0 Å². The molecule has 0 spiro atoms. The van der Waals surface area contributed by atoms with E-state index in [-0.39, 0.29) is 18.4 Å². The molecule has 1 aliphatic heterocycles. The summed E-state index contributed by atoms with van der Waals surface area (Å²) in [4.78, 5) is 2.11. The summed E-state index contributed by atoms with van der Waals surface area (Å²) in [5.41, 5.74) is -0.184. The highest BCUT2D eigenvalue weighted by Gasteiger charge is 2.22. The van der Waals surface area contributed by atoms with Crippen LogP contribution in [0.15, 0.2) is 0 Å². The average Bonchev–Trinajstić information content (AvgIpc) is 2.30. The molecule has 1 saturated heterocycles. The van der Waals surface area contributed by atoms with Crippen LogP contribution in [-0.4, -0.2) is 55.2 Å². The molecule has 1 heterocycles. The number of aliphatic hydroxyl groups is 1. The molecule has 0 aromatic rings. The number of hydrogen-bond donors (Lipinski definition) is 1. The summed E-state index contributed by atoms with van der Waals surface area (Å²) in [7, 11) is 2.00. The molecule has 4 nitrogen and oxygen atoms in total. The summed E-state index contributed by atoms with van der Waals surface area (Å²) in [5.74, 6) is 0. The minimum absolute atomic E-state index is 0.0145. The molecule has 0 aromatic heterocycles. The fourth-order valence-electron chi connectivity index (χ4n) is 1.59. The molecule has 96 valence electrons. The van der Waals surface area contributed by atoms with Gasteiger partial charge in [-0.2, -0.15) is 0 Å². The Balaban J connectivity index is 2.14. The van der Waals surface area contributed by atoms with Crippen molar-refractivity contribution in [2.24, 2.45) is 0 Å². The standard InChI is InChI=1S/C12H25NO3/c1-12(2,10-14)13(3)7-9-16-11-6-4-5-8-15-11/h11,14H,4-10H2,1-3H3. The molecule has 1 atom stereocenters. The maximum Gasteiger partial charge on any atom is 0.157 e. The smallest absolute Gasteiger partial charge is 0.157 e. The van der Waals surface area contributed by atoms with E-state index in [1.54, 1.807) is 0 Å². The first-order valence-electron chi connectivity index (χ1n) is 6.11. The van der Waals surface area contributed by atoms with Gasteiger partial charge in [-0.15, -0.1) is 0 Å². The third-order valence-corrected chi connectivity index (χ3v) is 3.29. The second-order valence-electron chi connectivity index (χ2n) is 5.06. The van der Waals surface area contributed by atoms with Crippen LogP contribution in [0.4, 0.5) is 0 Å². The quantitative estimate of drug-likeness (QED) is 0.746. The van der Waals surface area contributed by atoms with Gasteiger partial charge >= 0.3 is 0 Å². The van der Waals surface area contributed by atoms with E-state index < -0.39 is 0 Å². The molecule has 1 aliphatic rings. The molecule has 16 heavy (non-hydrogen) atoms. The number of hydrogen-bond acceptors (Lipinski definition) is 4. The molecule has 0 bridgehead atoms. The number of nitrogens with zero attached hydrogens (tertiary/aromatic N) is 1. The van der Waals surface area contributed by atoms with Crippen LogP contribution in [0.2, 0.25) is 0 Å².